The van der Waals surface area contributed by atoms with Gasteiger partial charge < -0.3 is 25.2 Å². The Morgan fingerprint density at radius 2 is 1.84 bits per heavy atom. The second-order valence-corrected chi connectivity index (χ2v) is 6.78. The maximum atomic E-state index is 11.5. The van der Waals surface area contributed by atoms with Crippen molar-refractivity contribution < 1.29 is 24.2 Å². The number of rotatable bonds is 9. The lowest BCUT2D eigenvalue weighted by molar-refractivity contribution is -0.137. The Labute approximate surface area is 148 Å². The van der Waals surface area contributed by atoms with Crippen LogP contribution in [0.2, 0.25) is 0 Å². The molecule has 1 aromatic carbocycles. The lowest BCUT2D eigenvalue weighted by Crippen LogP contribution is -2.34. The van der Waals surface area contributed by atoms with Crippen molar-refractivity contribution in [2.45, 2.75) is 52.2 Å². The zero-order chi connectivity index (χ0) is 18.9. The number of anilines is 1. The zero-order valence-corrected chi connectivity index (χ0v) is 15.3. The fourth-order valence-electron chi connectivity index (χ4n) is 1.98. The molecule has 7 nitrogen and oxygen atoms in total. The van der Waals surface area contributed by atoms with Crippen LogP contribution in [0.5, 0.6) is 5.75 Å². The summed E-state index contributed by atoms with van der Waals surface area (Å²) in [5.41, 5.74) is 0.382. The van der Waals surface area contributed by atoms with E-state index in [0.29, 0.717) is 25.3 Å². The van der Waals surface area contributed by atoms with E-state index in [1.165, 1.54) is 0 Å². The molecule has 0 spiro atoms. The summed E-state index contributed by atoms with van der Waals surface area (Å²) in [7, 11) is 0. The fourth-order valence-corrected chi connectivity index (χ4v) is 1.98. The standard InChI is InChI=1S/C18H28N2O5/c1-13(5-10-16(21)22)20-14-6-8-15(9-7-14)24-12-11-19-17(23)25-18(2,3)4/h6-9,13,20H,5,10-12H2,1-4H3,(H,19,23)(H,21,22). The van der Waals surface area contributed by atoms with Crippen LogP contribution in [0, 0.1) is 0 Å². The molecule has 1 aromatic rings. The zero-order valence-electron chi connectivity index (χ0n) is 15.3. The summed E-state index contributed by atoms with van der Waals surface area (Å²) in [6, 6.07) is 7.45. The molecule has 140 valence electrons. The summed E-state index contributed by atoms with van der Waals surface area (Å²) in [5.74, 6) is -0.105. The highest BCUT2D eigenvalue weighted by Gasteiger charge is 2.15. The van der Waals surface area contributed by atoms with Gasteiger partial charge in [-0.15, -0.1) is 0 Å². The Morgan fingerprint density at radius 1 is 1.20 bits per heavy atom. The van der Waals surface area contributed by atoms with E-state index in [1.807, 2.05) is 31.2 Å². The summed E-state index contributed by atoms with van der Waals surface area (Å²) in [4.78, 5) is 22.0. The van der Waals surface area contributed by atoms with Crippen LogP contribution in [0.1, 0.15) is 40.5 Å². The van der Waals surface area contributed by atoms with Gasteiger partial charge in [-0.25, -0.2) is 4.79 Å². The number of aliphatic carboxylic acids is 1. The van der Waals surface area contributed by atoms with Crippen LogP contribution in [0.15, 0.2) is 24.3 Å². The molecule has 0 aliphatic heterocycles. The maximum absolute atomic E-state index is 11.5. The molecule has 1 rings (SSSR count). The van der Waals surface area contributed by atoms with Crippen LogP contribution in [0.25, 0.3) is 0 Å². The molecule has 1 unspecified atom stereocenters. The highest BCUT2D eigenvalue weighted by atomic mass is 16.6. The van der Waals surface area contributed by atoms with Crippen LogP contribution in [0.4, 0.5) is 10.5 Å². The van der Waals surface area contributed by atoms with Crippen LogP contribution >= 0.6 is 0 Å². The van der Waals surface area contributed by atoms with Gasteiger partial charge in [-0.05, 0) is 58.4 Å². The Kier molecular flexibility index (Phi) is 8.04. The largest absolute Gasteiger partial charge is 0.492 e. The highest BCUT2D eigenvalue weighted by Crippen LogP contribution is 2.17. The van der Waals surface area contributed by atoms with Crippen molar-refractivity contribution in [2.75, 3.05) is 18.5 Å². The fraction of sp³-hybridized carbons (Fsp3) is 0.556. The molecule has 1 amide bonds. The van der Waals surface area contributed by atoms with Crippen molar-refractivity contribution in [3.05, 3.63) is 24.3 Å². The summed E-state index contributed by atoms with van der Waals surface area (Å²) in [6.45, 7) is 8.04. The first-order chi connectivity index (χ1) is 11.7. The second-order valence-electron chi connectivity index (χ2n) is 6.78. The summed E-state index contributed by atoms with van der Waals surface area (Å²) >= 11 is 0. The minimum atomic E-state index is -0.794. The van der Waals surface area contributed by atoms with Crippen molar-refractivity contribution in [1.29, 1.82) is 0 Å². The van der Waals surface area contributed by atoms with E-state index in [-0.39, 0.29) is 12.5 Å². The number of benzene rings is 1. The molecule has 0 fully saturated rings. The Morgan fingerprint density at radius 3 is 2.40 bits per heavy atom. The first kappa shape index (κ1) is 20.6. The second kappa shape index (κ2) is 9.76. The molecular weight excluding hydrogens is 324 g/mol. The quantitative estimate of drug-likeness (QED) is 0.590. The van der Waals surface area contributed by atoms with E-state index < -0.39 is 17.7 Å². The van der Waals surface area contributed by atoms with Crippen LogP contribution in [-0.2, 0) is 9.53 Å². The summed E-state index contributed by atoms with van der Waals surface area (Å²) in [6.07, 6.45) is 0.232. The third kappa shape index (κ3) is 10.1. The number of amides is 1. The lowest BCUT2D eigenvalue weighted by Gasteiger charge is -2.19. The molecule has 0 aromatic heterocycles. The molecule has 0 aliphatic carbocycles. The van der Waals surface area contributed by atoms with E-state index >= 15 is 0 Å². The monoisotopic (exact) mass is 352 g/mol. The smallest absolute Gasteiger partial charge is 0.407 e. The van der Waals surface area contributed by atoms with Crippen molar-refractivity contribution in [1.82, 2.24) is 5.32 Å². The predicted molar refractivity (Wildman–Crippen MR) is 96.1 cm³/mol. The van der Waals surface area contributed by atoms with Crippen molar-refractivity contribution in [3.63, 3.8) is 0 Å². The number of carboxylic acids is 1. The molecule has 0 heterocycles. The highest BCUT2D eigenvalue weighted by molar-refractivity contribution is 5.67. The van der Waals surface area contributed by atoms with Gasteiger partial charge in [0.25, 0.3) is 0 Å². The number of nitrogens with one attached hydrogen (secondary N) is 2. The van der Waals surface area contributed by atoms with E-state index in [9.17, 15) is 9.59 Å². The van der Waals surface area contributed by atoms with E-state index in [1.54, 1.807) is 20.8 Å². The predicted octanol–water partition coefficient (Wildman–Crippen LogP) is 3.26. The van der Waals surface area contributed by atoms with Crippen molar-refractivity contribution in [3.8, 4) is 5.75 Å². The van der Waals surface area contributed by atoms with Gasteiger partial charge >= 0.3 is 12.1 Å². The van der Waals surface area contributed by atoms with Crippen LogP contribution in [0.3, 0.4) is 0 Å². The number of ether oxygens (including phenoxy) is 2. The number of carbonyl (C=O) groups is 2. The topological polar surface area (TPSA) is 96.9 Å². The number of carbonyl (C=O) groups excluding carboxylic acids is 1. The molecule has 25 heavy (non-hydrogen) atoms. The van der Waals surface area contributed by atoms with E-state index in [0.717, 1.165) is 5.69 Å². The number of hydrogen-bond acceptors (Lipinski definition) is 5. The third-order valence-electron chi connectivity index (χ3n) is 3.10. The molecule has 3 N–H and O–H groups in total. The van der Waals surface area contributed by atoms with E-state index in [4.69, 9.17) is 14.6 Å². The van der Waals surface area contributed by atoms with Gasteiger partial charge in [0.15, 0.2) is 0 Å². The molecule has 0 saturated carbocycles. The molecule has 1 atom stereocenters. The average Bonchev–Trinajstić information content (AvgIpc) is 2.49. The van der Waals surface area contributed by atoms with Gasteiger partial charge in [-0.3, -0.25) is 4.79 Å². The summed E-state index contributed by atoms with van der Waals surface area (Å²) in [5, 5.41) is 14.5. The van der Waals surface area contributed by atoms with Gasteiger partial charge in [0.05, 0.1) is 6.54 Å². The summed E-state index contributed by atoms with van der Waals surface area (Å²) < 4.78 is 10.7. The van der Waals surface area contributed by atoms with Crippen LogP contribution in [-0.4, -0.2) is 42.0 Å². The molecule has 0 radical (unpaired) electrons. The van der Waals surface area contributed by atoms with E-state index in [2.05, 4.69) is 10.6 Å². The normalized spacial score (nSPS) is 12.2. The Bertz CT molecular complexity index is 552. The first-order valence-corrected chi connectivity index (χ1v) is 8.34. The third-order valence-corrected chi connectivity index (χ3v) is 3.10. The number of alkyl carbamates (subject to hydrolysis) is 1. The molecule has 0 bridgehead atoms. The molecular formula is C18H28N2O5. The van der Waals surface area contributed by atoms with Gasteiger partial charge in [-0.1, -0.05) is 0 Å². The minimum absolute atomic E-state index is 0.0703. The molecule has 0 aliphatic rings. The Hall–Kier alpha value is -2.44. The first-order valence-electron chi connectivity index (χ1n) is 8.34. The number of carboxylic acid groups (broad SMARTS) is 1. The van der Waals surface area contributed by atoms with Crippen molar-refractivity contribution in [2.24, 2.45) is 0 Å². The molecule has 7 heteroatoms. The lowest BCUT2D eigenvalue weighted by atomic mass is 10.1. The van der Waals surface area contributed by atoms with Crippen molar-refractivity contribution >= 4 is 17.7 Å². The van der Waals surface area contributed by atoms with Gasteiger partial charge in [0.2, 0.25) is 0 Å². The molecule has 0 saturated heterocycles. The SMILES string of the molecule is CC(CCC(=O)O)Nc1ccc(OCCNC(=O)OC(C)(C)C)cc1. The number of hydrogen-bond donors (Lipinski definition) is 3. The van der Waals surface area contributed by atoms with Gasteiger partial charge in [0.1, 0.15) is 18.0 Å². The average molecular weight is 352 g/mol. The van der Waals surface area contributed by atoms with Gasteiger partial charge in [-0.2, -0.15) is 0 Å². The van der Waals surface area contributed by atoms with Crippen LogP contribution < -0.4 is 15.4 Å². The minimum Gasteiger partial charge on any atom is -0.492 e. The van der Waals surface area contributed by atoms with Gasteiger partial charge in [0, 0.05) is 18.2 Å². The maximum Gasteiger partial charge on any atom is 0.407 e. The Balaban J connectivity index is 2.28.